The molecule has 2 atom stereocenters. The molecule has 6 heteroatoms. The summed E-state index contributed by atoms with van der Waals surface area (Å²) in [7, 11) is 0. The quantitative estimate of drug-likeness (QED) is 0.799. The van der Waals surface area contributed by atoms with Crippen molar-refractivity contribution in [1.29, 1.82) is 0 Å². The SMILES string of the molecule is CSc1ccccc1NC(=O)N1CCCC1CC(O)c1ccco1. The topological polar surface area (TPSA) is 65.7 Å². The first kappa shape index (κ1) is 16.9. The molecule has 1 fully saturated rings. The van der Waals surface area contributed by atoms with Crippen molar-refractivity contribution in [3.8, 4) is 0 Å². The lowest BCUT2D eigenvalue weighted by molar-refractivity contribution is 0.110. The summed E-state index contributed by atoms with van der Waals surface area (Å²) in [6.45, 7) is 0.711. The minimum absolute atomic E-state index is 0.0199. The molecule has 1 aromatic carbocycles. The van der Waals surface area contributed by atoms with Crippen LogP contribution in [-0.2, 0) is 0 Å². The highest BCUT2D eigenvalue weighted by Crippen LogP contribution is 2.29. The second-order valence-electron chi connectivity index (χ2n) is 5.89. The molecule has 5 nitrogen and oxygen atoms in total. The van der Waals surface area contributed by atoms with Crippen LogP contribution >= 0.6 is 11.8 Å². The molecule has 3 rings (SSSR count). The van der Waals surface area contributed by atoms with Gasteiger partial charge in [0.1, 0.15) is 11.9 Å². The number of hydrogen-bond donors (Lipinski definition) is 2. The van der Waals surface area contributed by atoms with Crippen LogP contribution in [0, 0.1) is 0 Å². The summed E-state index contributed by atoms with van der Waals surface area (Å²) in [5, 5.41) is 13.3. The second-order valence-corrected chi connectivity index (χ2v) is 6.73. The molecule has 1 saturated heterocycles. The monoisotopic (exact) mass is 346 g/mol. The number of carbonyl (C=O) groups excluding carboxylic acids is 1. The molecule has 24 heavy (non-hydrogen) atoms. The Bertz CT molecular complexity index is 675. The highest BCUT2D eigenvalue weighted by Gasteiger charge is 2.31. The van der Waals surface area contributed by atoms with Gasteiger partial charge in [-0.3, -0.25) is 0 Å². The van der Waals surface area contributed by atoms with Crippen molar-refractivity contribution in [2.75, 3.05) is 18.1 Å². The van der Waals surface area contributed by atoms with Gasteiger partial charge in [0.2, 0.25) is 0 Å². The van der Waals surface area contributed by atoms with Crippen molar-refractivity contribution in [3.05, 3.63) is 48.4 Å². The van der Waals surface area contributed by atoms with Gasteiger partial charge in [0.25, 0.3) is 0 Å². The molecule has 2 N–H and O–H groups in total. The molecule has 2 unspecified atom stereocenters. The summed E-state index contributed by atoms with van der Waals surface area (Å²) in [5.74, 6) is 0.551. The summed E-state index contributed by atoms with van der Waals surface area (Å²) in [6.07, 6.45) is 5.20. The van der Waals surface area contributed by atoms with E-state index in [0.29, 0.717) is 18.7 Å². The standard InChI is InChI=1S/C18H22N2O3S/c1-24-17-9-3-2-7-14(17)19-18(22)20-10-4-6-13(20)12-15(21)16-8-5-11-23-16/h2-3,5,7-9,11,13,15,21H,4,6,10,12H2,1H3,(H,19,22). The van der Waals surface area contributed by atoms with Crippen LogP contribution in [-0.4, -0.2) is 34.9 Å². The molecule has 0 saturated carbocycles. The van der Waals surface area contributed by atoms with E-state index in [4.69, 9.17) is 4.42 Å². The molecule has 0 bridgehead atoms. The van der Waals surface area contributed by atoms with Crippen molar-refractivity contribution >= 4 is 23.5 Å². The third kappa shape index (κ3) is 3.76. The third-order valence-corrected chi connectivity index (χ3v) is 5.15. The first-order valence-corrected chi connectivity index (χ1v) is 9.33. The maximum atomic E-state index is 12.7. The van der Waals surface area contributed by atoms with Gasteiger partial charge in [0.05, 0.1) is 12.0 Å². The Morgan fingerprint density at radius 2 is 2.25 bits per heavy atom. The van der Waals surface area contributed by atoms with Crippen LogP contribution in [0.25, 0.3) is 0 Å². The normalized spacial score (nSPS) is 18.6. The summed E-state index contributed by atoms with van der Waals surface area (Å²) < 4.78 is 5.26. The second kappa shape index (κ2) is 7.77. The highest BCUT2D eigenvalue weighted by molar-refractivity contribution is 7.98. The Balaban J connectivity index is 1.65. The first-order valence-electron chi connectivity index (χ1n) is 8.11. The van der Waals surface area contributed by atoms with Crippen LogP contribution in [0.2, 0.25) is 0 Å². The molecule has 1 aliphatic heterocycles. The molecule has 0 radical (unpaired) electrons. The Kier molecular flexibility index (Phi) is 5.48. The van der Waals surface area contributed by atoms with Gasteiger partial charge in [0.15, 0.2) is 0 Å². The van der Waals surface area contributed by atoms with Crippen molar-refractivity contribution in [2.45, 2.75) is 36.3 Å². The summed E-state index contributed by atoms with van der Waals surface area (Å²) >= 11 is 1.60. The van der Waals surface area contributed by atoms with Gasteiger partial charge in [-0.15, -0.1) is 11.8 Å². The Morgan fingerprint density at radius 1 is 1.42 bits per heavy atom. The lowest BCUT2D eigenvalue weighted by atomic mass is 10.1. The van der Waals surface area contributed by atoms with Gasteiger partial charge >= 0.3 is 6.03 Å². The van der Waals surface area contributed by atoms with E-state index in [1.165, 1.54) is 0 Å². The van der Waals surface area contributed by atoms with Crippen LogP contribution in [0.1, 0.15) is 31.1 Å². The van der Waals surface area contributed by atoms with Crippen molar-refractivity contribution in [3.63, 3.8) is 0 Å². The molecular weight excluding hydrogens is 324 g/mol. The number of aliphatic hydroxyl groups excluding tert-OH is 1. The number of amides is 2. The van der Waals surface area contributed by atoms with Crippen molar-refractivity contribution < 1.29 is 14.3 Å². The predicted octanol–water partition coefficient (Wildman–Crippen LogP) is 4.12. The van der Waals surface area contributed by atoms with Crippen LogP contribution in [0.5, 0.6) is 0 Å². The largest absolute Gasteiger partial charge is 0.467 e. The number of nitrogens with zero attached hydrogens (tertiary/aromatic N) is 1. The van der Waals surface area contributed by atoms with Crippen molar-refractivity contribution in [1.82, 2.24) is 4.90 Å². The van der Waals surface area contributed by atoms with E-state index in [9.17, 15) is 9.90 Å². The van der Waals surface area contributed by atoms with E-state index in [0.717, 1.165) is 23.4 Å². The molecule has 2 amide bonds. The summed E-state index contributed by atoms with van der Waals surface area (Å²) in [4.78, 5) is 15.5. The van der Waals surface area contributed by atoms with Crippen LogP contribution < -0.4 is 5.32 Å². The molecule has 128 valence electrons. The molecule has 0 aliphatic carbocycles. The van der Waals surface area contributed by atoms with Crippen LogP contribution in [0.3, 0.4) is 0 Å². The lowest BCUT2D eigenvalue weighted by Gasteiger charge is -2.26. The van der Waals surface area contributed by atoms with Gasteiger partial charge in [0, 0.05) is 23.9 Å². The van der Waals surface area contributed by atoms with Crippen LogP contribution in [0.15, 0.2) is 52.0 Å². The molecule has 1 aromatic heterocycles. The fourth-order valence-electron chi connectivity index (χ4n) is 3.14. The van der Waals surface area contributed by atoms with Gasteiger partial charge in [-0.05, 0) is 43.4 Å². The average Bonchev–Trinajstić information content (AvgIpc) is 3.27. The first-order chi connectivity index (χ1) is 11.7. The van der Waals surface area contributed by atoms with Gasteiger partial charge in [-0.25, -0.2) is 4.79 Å². The average molecular weight is 346 g/mol. The number of rotatable bonds is 5. The maximum absolute atomic E-state index is 12.7. The van der Waals surface area contributed by atoms with E-state index >= 15 is 0 Å². The zero-order chi connectivity index (χ0) is 16.9. The molecule has 2 aromatic rings. The minimum Gasteiger partial charge on any atom is -0.467 e. The fourth-order valence-corrected chi connectivity index (χ4v) is 3.69. The number of benzene rings is 1. The smallest absolute Gasteiger partial charge is 0.322 e. The van der Waals surface area contributed by atoms with Gasteiger partial charge in [-0.1, -0.05) is 12.1 Å². The molecular formula is C18H22N2O3S. The zero-order valence-electron chi connectivity index (χ0n) is 13.6. The van der Waals surface area contributed by atoms with E-state index in [-0.39, 0.29) is 12.1 Å². The van der Waals surface area contributed by atoms with E-state index in [1.54, 1.807) is 30.2 Å². The number of hydrogen-bond acceptors (Lipinski definition) is 4. The number of para-hydroxylation sites is 1. The number of thioether (sulfide) groups is 1. The zero-order valence-corrected chi connectivity index (χ0v) is 14.5. The number of urea groups is 1. The van der Waals surface area contributed by atoms with Gasteiger partial charge < -0.3 is 19.7 Å². The predicted molar refractivity (Wildman–Crippen MR) is 95.3 cm³/mol. The summed E-state index contributed by atoms with van der Waals surface area (Å²) in [6, 6.07) is 11.2. The molecule has 2 heterocycles. The van der Waals surface area contributed by atoms with Crippen molar-refractivity contribution in [2.24, 2.45) is 0 Å². The highest BCUT2D eigenvalue weighted by atomic mass is 32.2. The van der Waals surface area contributed by atoms with Gasteiger partial charge in [-0.2, -0.15) is 0 Å². The third-order valence-electron chi connectivity index (χ3n) is 4.35. The van der Waals surface area contributed by atoms with E-state index in [1.807, 2.05) is 35.4 Å². The number of furan rings is 1. The fraction of sp³-hybridized carbons (Fsp3) is 0.389. The Morgan fingerprint density at radius 3 is 3.00 bits per heavy atom. The number of carbonyl (C=O) groups is 1. The Labute approximate surface area is 146 Å². The summed E-state index contributed by atoms with van der Waals surface area (Å²) in [5.41, 5.74) is 0.826. The number of aliphatic hydroxyl groups is 1. The van der Waals surface area contributed by atoms with Crippen LogP contribution in [0.4, 0.5) is 10.5 Å². The number of nitrogens with one attached hydrogen (secondary N) is 1. The molecule has 0 spiro atoms. The number of anilines is 1. The Hall–Kier alpha value is -1.92. The minimum atomic E-state index is -0.683. The van der Waals surface area contributed by atoms with E-state index in [2.05, 4.69) is 5.32 Å². The van der Waals surface area contributed by atoms with E-state index < -0.39 is 6.10 Å². The maximum Gasteiger partial charge on any atom is 0.322 e. The number of likely N-dealkylation sites (tertiary alicyclic amines) is 1. The lowest BCUT2D eigenvalue weighted by Crippen LogP contribution is -2.39. The molecule has 1 aliphatic rings.